The van der Waals surface area contributed by atoms with Crippen molar-refractivity contribution in [2.45, 2.75) is 6.92 Å². The molecule has 0 saturated heterocycles. The van der Waals surface area contributed by atoms with E-state index in [4.69, 9.17) is 21.1 Å². The molecule has 0 unspecified atom stereocenters. The molecule has 30 heavy (non-hydrogen) atoms. The fourth-order valence-corrected chi connectivity index (χ4v) is 3.01. The van der Waals surface area contributed by atoms with E-state index < -0.39 is 0 Å². The fourth-order valence-electron chi connectivity index (χ4n) is 2.83. The predicted octanol–water partition coefficient (Wildman–Crippen LogP) is 4.41. The molecule has 0 radical (unpaired) electrons. The molecule has 4 aromatic rings. The molecule has 3 aromatic carbocycles. The number of anilines is 1. The molecule has 0 saturated carbocycles. The monoisotopic (exact) mass is 422 g/mol. The Morgan fingerprint density at radius 2 is 1.73 bits per heavy atom. The van der Waals surface area contributed by atoms with Crippen molar-refractivity contribution in [3.63, 3.8) is 0 Å². The molecule has 7 nitrogen and oxygen atoms in total. The quantitative estimate of drug-likeness (QED) is 0.498. The highest BCUT2D eigenvalue weighted by Crippen LogP contribution is 2.21. The number of halogens is 1. The fraction of sp³-hybridized carbons (Fsp3) is 0.136. The van der Waals surface area contributed by atoms with Crippen molar-refractivity contribution >= 4 is 34.2 Å². The average molecular weight is 423 g/mol. The number of hydrogen-bond acceptors (Lipinski definition) is 5. The number of aryl methyl sites for hydroxylation is 1. The number of ether oxygens (including phenoxy) is 2. The van der Waals surface area contributed by atoms with Gasteiger partial charge >= 0.3 is 0 Å². The Hall–Kier alpha value is -3.58. The highest BCUT2D eigenvalue weighted by atomic mass is 35.5. The molecule has 1 aromatic heterocycles. The van der Waals surface area contributed by atoms with Crippen LogP contribution in [0.5, 0.6) is 11.5 Å². The normalized spacial score (nSPS) is 10.8. The minimum absolute atomic E-state index is 0.112. The standard InChI is InChI=1S/C22H19ClN4O3/c1-14-3-5-16(12-19(14)23)27-25-20-10-4-15(11-21(20)26-27)24-22(28)13-30-18-8-6-17(29-2)7-9-18/h3-12H,13H2,1-2H3,(H,24,28). The first-order chi connectivity index (χ1) is 14.5. The first kappa shape index (κ1) is 19.7. The summed E-state index contributed by atoms with van der Waals surface area (Å²) in [6.45, 7) is 1.82. The molecule has 0 aliphatic heterocycles. The number of fused-ring (bicyclic) bond motifs is 1. The van der Waals surface area contributed by atoms with Gasteiger partial charge in [-0.1, -0.05) is 17.7 Å². The first-order valence-corrected chi connectivity index (χ1v) is 9.60. The Kier molecular flexibility index (Phi) is 5.54. The molecule has 0 bridgehead atoms. The zero-order chi connectivity index (χ0) is 21.1. The van der Waals surface area contributed by atoms with E-state index in [1.54, 1.807) is 49.6 Å². The van der Waals surface area contributed by atoms with Crippen LogP contribution in [0, 0.1) is 6.92 Å². The molecule has 0 aliphatic rings. The maximum atomic E-state index is 12.2. The van der Waals surface area contributed by atoms with Crippen LogP contribution in [0.1, 0.15) is 5.56 Å². The lowest BCUT2D eigenvalue weighted by Crippen LogP contribution is -2.20. The van der Waals surface area contributed by atoms with Crippen LogP contribution in [0.2, 0.25) is 5.02 Å². The number of hydrogen-bond donors (Lipinski definition) is 1. The number of nitrogens with zero attached hydrogens (tertiary/aromatic N) is 3. The van der Waals surface area contributed by atoms with E-state index in [0.717, 1.165) is 17.0 Å². The minimum atomic E-state index is -0.275. The Labute approximate surface area is 178 Å². The van der Waals surface area contributed by atoms with E-state index in [0.29, 0.717) is 27.5 Å². The molecular formula is C22H19ClN4O3. The average Bonchev–Trinajstić information content (AvgIpc) is 3.18. The van der Waals surface area contributed by atoms with Crippen molar-refractivity contribution in [2.75, 3.05) is 19.0 Å². The maximum Gasteiger partial charge on any atom is 0.262 e. The summed E-state index contributed by atoms with van der Waals surface area (Å²) in [5, 5.41) is 12.4. The van der Waals surface area contributed by atoms with Gasteiger partial charge in [-0.2, -0.15) is 4.80 Å². The summed E-state index contributed by atoms with van der Waals surface area (Å²) in [5.41, 5.74) is 3.72. The van der Waals surface area contributed by atoms with Gasteiger partial charge in [0.1, 0.15) is 22.5 Å². The van der Waals surface area contributed by atoms with Crippen molar-refractivity contribution in [1.82, 2.24) is 15.0 Å². The van der Waals surface area contributed by atoms with E-state index in [2.05, 4.69) is 15.5 Å². The lowest BCUT2D eigenvalue weighted by atomic mass is 10.2. The molecule has 0 fully saturated rings. The van der Waals surface area contributed by atoms with Crippen LogP contribution in [-0.4, -0.2) is 34.6 Å². The summed E-state index contributed by atoms with van der Waals surface area (Å²) in [6.07, 6.45) is 0. The van der Waals surface area contributed by atoms with Gasteiger partial charge in [-0.25, -0.2) is 0 Å². The van der Waals surface area contributed by atoms with E-state index in [9.17, 15) is 4.79 Å². The van der Waals surface area contributed by atoms with E-state index in [1.165, 1.54) is 4.80 Å². The van der Waals surface area contributed by atoms with Gasteiger partial charge in [0.15, 0.2) is 6.61 Å². The van der Waals surface area contributed by atoms with Crippen molar-refractivity contribution in [1.29, 1.82) is 0 Å². The van der Waals surface area contributed by atoms with Gasteiger partial charge in [-0.05, 0) is 67.1 Å². The van der Waals surface area contributed by atoms with Crippen LogP contribution >= 0.6 is 11.6 Å². The Morgan fingerprint density at radius 3 is 2.47 bits per heavy atom. The number of rotatable bonds is 6. The Morgan fingerprint density at radius 1 is 1.00 bits per heavy atom. The summed E-state index contributed by atoms with van der Waals surface area (Å²) in [5.74, 6) is 1.03. The van der Waals surface area contributed by atoms with Gasteiger partial charge in [0.2, 0.25) is 0 Å². The summed E-state index contributed by atoms with van der Waals surface area (Å²) in [4.78, 5) is 13.7. The molecule has 0 atom stereocenters. The SMILES string of the molecule is COc1ccc(OCC(=O)Nc2ccc3nn(-c4ccc(C)c(Cl)c4)nc3c2)cc1. The maximum absolute atomic E-state index is 12.2. The smallest absolute Gasteiger partial charge is 0.262 e. The predicted molar refractivity (Wildman–Crippen MR) is 116 cm³/mol. The zero-order valence-corrected chi connectivity index (χ0v) is 17.2. The van der Waals surface area contributed by atoms with Crippen LogP contribution in [0.15, 0.2) is 60.7 Å². The van der Waals surface area contributed by atoms with Crippen LogP contribution < -0.4 is 14.8 Å². The topological polar surface area (TPSA) is 78.3 Å². The number of amides is 1. The van der Waals surface area contributed by atoms with Crippen molar-refractivity contribution in [3.8, 4) is 17.2 Å². The Bertz CT molecular complexity index is 1200. The second-order valence-electron chi connectivity index (χ2n) is 6.64. The molecule has 8 heteroatoms. The number of benzene rings is 3. The largest absolute Gasteiger partial charge is 0.497 e. The molecule has 1 amide bonds. The molecule has 0 spiro atoms. The van der Waals surface area contributed by atoms with Crippen LogP contribution in [0.25, 0.3) is 16.7 Å². The second-order valence-corrected chi connectivity index (χ2v) is 7.05. The first-order valence-electron chi connectivity index (χ1n) is 9.22. The van der Waals surface area contributed by atoms with Crippen molar-refractivity contribution < 1.29 is 14.3 Å². The van der Waals surface area contributed by atoms with Crippen LogP contribution in [0.3, 0.4) is 0 Å². The summed E-state index contributed by atoms with van der Waals surface area (Å²) in [6, 6.07) is 18.0. The summed E-state index contributed by atoms with van der Waals surface area (Å²) < 4.78 is 10.6. The van der Waals surface area contributed by atoms with Crippen LogP contribution in [0.4, 0.5) is 5.69 Å². The van der Waals surface area contributed by atoms with Crippen molar-refractivity contribution in [3.05, 3.63) is 71.2 Å². The highest BCUT2D eigenvalue weighted by molar-refractivity contribution is 6.31. The van der Waals surface area contributed by atoms with Crippen LogP contribution in [-0.2, 0) is 4.79 Å². The van der Waals surface area contributed by atoms with Gasteiger partial charge in [0, 0.05) is 10.7 Å². The van der Waals surface area contributed by atoms with Gasteiger partial charge in [0.05, 0.1) is 12.8 Å². The van der Waals surface area contributed by atoms with Crippen molar-refractivity contribution in [2.24, 2.45) is 0 Å². The lowest BCUT2D eigenvalue weighted by molar-refractivity contribution is -0.118. The van der Waals surface area contributed by atoms with Gasteiger partial charge in [0.25, 0.3) is 5.91 Å². The third-order valence-electron chi connectivity index (χ3n) is 4.48. The van der Waals surface area contributed by atoms with E-state index in [-0.39, 0.29) is 12.5 Å². The van der Waals surface area contributed by atoms with E-state index >= 15 is 0 Å². The number of nitrogens with one attached hydrogen (secondary N) is 1. The van der Waals surface area contributed by atoms with Gasteiger partial charge in [-0.3, -0.25) is 4.79 Å². The molecule has 152 valence electrons. The molecule has 0 aliphatic carbocycles. The number of aromatic nitrogens is 3. The highest BCUT2D eigenvalue weighted by Gasteiger charge is 2.09. The second kappa shape index (κ2) is 8.42. The molecule has 1 N–H and O–H groups in total. The molecule has 1 heterocycles. The number of carbonyl (C=O) groups excluding carboxylic acids is 1. The Balaban J connectivity index is 1.43. The third-order valence-corrected chi connectivity index (χ3v) is 4.89. The molecule has 4 rings (SSSR count). The third kappa shape index (κ3) is 4.36. The zero-order valence-electron chi connectivity index (χ0n) is 16.4. The van der Waals surface area contributed by atoms with Gasteiger partial charge < -0.3 is 14.8 Å². The summed E-state index contributed by atoms with van der Waals surface area (Å²) >= 11 is 6.20. The van der Waals surface area contributed by atoms with Gasteiger partial charge in [-0.15, -0.1) is 10.2 Å². The summed E-state index contributed by atoms with van der Waals surface area (Å²) in [7, 11) is 1.59. The lowest BCUT2D eigenvalue weighted by Gasteiger charge is -2.08. The number of carbonyl (C=O) groups is 1. The number of methoxy groups -OCH3 is 1. The minimum Gasteiger partial charge on any atom is -0.497 e. The molecular weight excluding hydrogens is 404 g/mol. The van der Waals surface area contributed by atoms with E-state index in [1.807, 2.05) is 25.1 Å².